The van der Waals surface area contributed by atoms with Crippen LogP contribution in [-0.2, 0) is 16.1 Å². The van der Waals surface area contributed by atoms with E-state index in [0.717, 1.165) is 17.2 Å². The third-order valence-corrected chi connectivity index (χ3v) is 3.25. The van der Waals surface area contributed by atoms with E-state index in [9.17, 15) is 9.59 Å². The summed E-state index contributed by atoms with van der Waals surface area (Å²) in [5.74, 6) is -0.266. The molecule has 0 fully saturated rings. The first-order valence-corrected chi connectivity index (χ1v) is 6.11. The summed E-state index contributed by atoms with van der Waals surface area (Å²) in [6.07, 6.45) is 2.73. The Morgan fingerprint density at radius 1 is 1.37 bits per heavy atom. The number of fused-ring (bicyclic) bond motifs is 1. The molecule has 0 unspecified atom stereocenters. The Morgan fingerprint density at radius 2 is 2.11 bits per heavy atom. The van der Waals surface area contributed by atoms with Crippen molar-refractivity contribution in [3.63, 3.8) is 0 Å². The van der Waals surface area contributed by atoms with Crippen LogP contribution in [0.1, 0.15) is 24.2 Å². The first kappa shape index (κ1) is 13.3. The summed E-state index contributed by atoms with van der Waals surface area (Å²) in [6, 6.07) is 7.51. The van der Waals surface area contributed by atoms with Gasteiger partial charge in [0.05, 0.1) is 18.0 Å². The van der Waals surface area contributed by atoms with Gasteiger partial charge in [0.25, 0.3) is 0 Å². The summed E-state index contributed by atoms with van der Waals surface area (Å²) in [5, 5.41) is 0.991. The molecule has 19 heavy (non-hydrogen) atoms. The maximum Gasteiger partial charge on any atom is 0.313 e. The molecule has 1 aromatic heterocycles. The van der Waals surface area contributed by atoms with E-state index in [-0.39, 0.29) is 5.97 Å². The molecule has 0 atom stereocenters. The van der Waals surface area contributed by atoms with Crippen molar-refractivity contribution < 1.29 is 14.3 Å². The van der Waals surface area contributed by atoms with Crippen molar-refractivity contribution in [3.05, 3.63) is 36.0 Å². The Bertz CT molecular complexity index is 625. The zero-order valence-corrected chi connectivity index (χ0v) is 11.3. The molecule has 0 aliphatic rings. The first-order chi connectivity index (χ1) is 8.99. The third kappa shape index (κ3) is 2.38. The molecule has 0 bridgehead atoms. The molecule has 1 heterocycles. The number of rotatable bonds is 4. The highest BCUT2D eigenvalue weighted by molar-refractivity contribution is 5.96. The molecule has 0 amide bonds. The standard InChI is InChI=1S/C15H17NO3/c1-15(2,14(18)19-3)10-16-8-7-11-5-4-6-12(9-17)13(11)16/h4-9H,10H2,1-3H3. The van der Waals surface area contributed by atoms with E-state index >= 15 is 0 Å². The van der Waals surface area contributed by atoms with Crippen molar-refractivity contribution in [2.75, 3.05) is 7.11 Å². The molecule has 0 N–H and O–H groups in total. The number of carbonyl (C=O) groups excluding carboxylic acids is 2. The topological polar surface area (TPSA) is 48.3 Å². The van der Waals surface area contributed by atoms with E-state index in [1.165, 1.54) is 7.11 Å². The Hall–Kier alpha value is -2.10. The Kier molecular flexibility index (Phi) is 3.42. The van der Waals surface area contributed by atoms with E-state index in [4.69, 9.17) is 4.74 Å². The number of methoxy groups -OCH3 is 1. The molecule has 0 spiro atoms. The highest BCUT2D eigenvalue weighted by atomic mass is 16.5. The molecular formula is C15H17NO3. The van der Waals surface area contributed by atoms with Gasteiger partial charge in [0.1, 0.15) is 0 Å². The van der Waals surface area contributed by atoms with Crippen molar-refractivity contribution >= 4 is 23.2 Å². The summed E-state index contributed by atoms with van der Waals surface area (Å²) in [6.45, 7) is 4.12. The molecule has 4 nitrogen and oxygen atoms in total. The van der Waals surface area contributed by atoms with Crippen molar-refractivity contribution in [1.29, 1.82) is 0 Å². The average Bonchev–Trinajstić information content (AvgIpc) is 2.80. The van der Waals surface area contributed by atoms with Gasteiger partial charge in [0.15, 0.2) is 6.29 Å². The second kappa shape index (κ2) is 4.88. The number of carbonyl (C=O) groups is 2. The van der Waals surface area contributed by atoms with Gasteiger partial charge in [0.2, 0.25) is 0 Å². The summed E-state index contributed by atoms with van der Waals surface area (Å²) in [5.41, 5.74) is 0.842. The lowest BCUT2D eigenvalue weighted by Gasteiger charge is -2.22. The van der Waals surface area contributed by atoms with Crippen molar-refractivity contribution in [1.82, 2.24) is 4.57 Å². The quantitative estimate of drug-likeness (QED) is 0.626. The van der Waals surface area contributed by atoms with Crippen LogP contribution in [0.15, 0.2) is 30.5 Å². The van der Waals surface area contributed by atoms with Crippen LogP contribution in [0.25, 0.3) is 10.9 Å². The van der Waals surface area contributed by atoms with E-state index in [0.29, 0.717) is 12.1 Å². The summed E-state index contributed by atoms with van der Waals surface area (Å²) >= 11 is 0. The van der Waals surface area contributed by atoms with Gasteiger partial charge in [-0.15, -0.1) is 0 Å². The number of hydrogen-bond donors (Lipinski definition) is 0. The van der Waals surface area contributed by atoms with Gasteiger partial charge in [-0.3, -0.25) is 9.59 Å². The van der Waals surface area contributed by atoms with Gasteiger partial charge in [-0.2, -0.15) is 0 Å². The molecule has 2 rings (SSSR count). The molecule has 1 aromatic carbocycles. The van der Waals surface area contributed by atoms with E-state index in [1.807, 2.05) is 42.8 Å². The number of benzene rings is 1. The first-order valence-electron chi connectivity index (χ1n) is 6.11. The molecule has 2 aromatic rings. The summed E-state index contributed by atoms with van der Waals surface area (Å²) < 4.78 is 6.74. The van der Waals surface area contributed by atoms with Gasteiger partial charge in [0, 0.05) is 23.7 Å². The average molecular weight is 259 g/mol. The van der Waals surface area contributed by atoms with Crippen molar-refractivity contribution in [2.45, 2.75) is 20.4 Å². The molecule has 4 heteroatoms. The fourth-order valence-electron chi connectivity index (χ4n) is 2.28. The maximum atomic E-state index is 11.7. The zero-order chi connectivity index (χ0) is 14.0. The van der Waals surface area contributed by atoms with Crippen molar-refractivity contribution in [3.8, 4) is 0 Å². The van der Waals surface area contributed by atoms with Crippen LogP contribution in [0, 0.1) is 5.41 Å². The van der Waals surface area contributed by atoms with Crippen molar-refractivity contribution in [2.24, 2.45) is 5.41 Å². The molecule has 0 saturated heterocycles. The highest BCUT2D eigenvalue weighted by Crippen LogP contribution is 2.25. The van der Waals surface area contributed by atoms with Crippen LogP contribution >= 0.6 is 0 Å². The van der Waals surface area contributed by atoms with Crippen LogP contribution < -0.4 is 0 Å². The lowest BCUT2D eigenvalue weighted by atomic mass is 9.93. The molecule has 0 radical (unpaired) electrons. The Labute approximate surface area is 112 Å². The third-order valence-electron chi connectivity index (χ3n) is 3.25. The molecule has 0 aliphatic heterocycles. The minimum absolute atomic E-state index is 0.266. The van der Waals surface area contributed by atoms with E-state index in [2.05, 4.69) is 0 Å². The van der Waals surface area contributed by atoms with E-state index < -0.39 is 5.41 Å². The second-order valence-corrected chi connectivity index (χ2v) is 5.22. The summed E-state index contributed by atoms with van der Waals surface area (Å²) in [7, 11) is 1.38. The van der Waals surface area contributed by atoms with Crippen LogP contribution in [-0.4, -0.2) is 23.9 Å². The number of hydrogen-bond acceptors (Lipinski definition) is 3. The van der Waals surface area contributed by atoms with Gasteiger partial charge < -0.3 is 9.30 Å². The van der Waals surface area contributed by atoms with Crippen LogP contribution in [0.4, 0.5) is 0 Å². The highest BCUT2D eigenvalue weighted by Gasteiger charge is 2.29. The zero-order valence-electron chi connectivity index (χ0n) is 11.3. The van der Waals surface area contributed by atoms with Crippen LogP contribution in [0.3, 0.4) is 0 Å². The second-order valence-electron chi connectivity index (χ2n) is 5.22. The van der Waals surface area contributed by atoms with Gasteiger partial charge >= 0.3 is 5.97 Å². The number of nitrogens with zero attached hydrogens (tertiary/aromatic N) is 1. The Morgan fingerprint density at radius 3 is 2.74 bits per heavy atom. The van der Waals surface area contributed by atoms with E-state index in [1.54, 1.807) is 6.07 Å². The fraction of sp³-hybridized carbons (Fsp3) is 0.333. The molecule has 100 valence electrons. The SMILES string of the molecule is COC(=O)C(C)(C)Cn1ccc2cccc(C=O)c21. The predicted octanol–water partition coefficient (Wildman–Crippen LogP) is 2.65. The van der Waals surface area contributed by atoms with Crippen LogP contribution in [0.5, 0.6) is 0 Å². The number of aromatic nitrogens is 1. The van der Waals surface area contributed by atoms with Gasteiger partial charge in [-0.05, 0) is 26.0 Å². The van der Waals surface area contributed by atoms with Gasteiger partial charge in [-0.25, -0.2) is 0 Å². The number of para-hydroxylation sites is 1. The Balaban J connectivity index is 2.47. The number of esters is 1. The fourth-order valence-corrected chi connectivity index (χ4v) is 2.28. The smallest absolute Gasteiger partial charge is 0.313 e. The monoisotopic (exact) mass is 259 g/mol. The molecule has 0 saturated carbocycles. The van der Waals surface area contributed by atoms with Gasteiger partial charge in [-0.1, -0.05) is 12.1 Å². The number of aldehydes is 1. The minimum Gasteiger partial charge on any atom is -0.469 e. The lowest BCUT2D eigenvalue weighted by Crippen LogP contribution is -2.30. The summed E-state index contributed by atoms with van der Waals surface area (Å²) in [4.78, 5) is 22.9. The number of ether oxygens (including phenoxy) is 1. The molecular weight excluding hydrogens is 242 g/mol. The van der Waals surface area contributed by atoms with Crippen LogP contribution in [0.2, 0.25) is 0 Å². The normalized spacial score (nSPS) is 11.5. The maximum absolute atomic E-state index is 11.7. The molecule has 0 aliphatic carbocycles. The lowest BCUT2D eigenvalue weighted by molar-refractivity contribution is -0.151. The largest absolute Gasteiger partial charge is 0.469 e. The minimum atomic E-state index is -0.642. The predicted molar refractivity (Wildman–Crippen MR) is 73.1 cm³/mol.